The number of rotatable bonds is 1. The number of amides is 3. The number of nitrogens with one attached hydrogen (secondary N) is 2. The number of carbonyl (C=O) groups is 3. The van der Waals surface area contributed by atoms with Gasteiger partial charge in [0.15, 0.2) is 0 Å². The average Bonchev–Trinajstić information content (AvgIpc) is 3.57. The van der Waals surface area contributed by atoms with E-state index in [-0.39, 0.29) is 17.9 Å². The third-order valence-corrected chi connectivity index (χ3v) is 7.74. The SMILES string of the molecule is CN1C[C@@H]2C[C@H]1CN2C(=O)c1cccc2c1N1CCCCCNC(=O)c3cccc(c3)C(=O)/N=C/1N2. The van der Waals surface area contributed by atoms with Gasteiger partial charge in [-0.25, -0.2) is 0 Å². The van der Waals surface area contributed by atoms with Gasteiger partial charge in [0.05, 0.1) is 16.9 Å². The van der Waals surface area contributed by atoms with Crippen LogP contribution in [0.4, 0.5) is 11.4 Å². The molecular formula is C27H30N6O3. The third kappa shape index (κ3) is 3.93. The Morgan fingerprint density at radius 2 is 1.83 bits per heavy atom. The molecule has 4 bridgehead atoms. The summed E-state index contributed by atoms with van der Waals surface area (Å²) in [6.45, 7) is 2.84. The van der Waals surface area contributed by atoms with Gasteiger partial charge in [0, 0.05) is 49.4 Å². The second-order valence-electron chi connectivity index (χ2n) is 10.1. The van der Waals surface area contributed by atoms with E-state index in [9.17, 15) is 14.4 Å². The molecule has 2 aromatic rings. The van der Waals surface area contributed by atoms with Crippen LogP contribution in [0.25, 0.3) is 0 Å². The van der Waals surface area contributed by atoms with Crippen molar-refractivity contribution in [2.45, 2.75) is 37.8 Å². The van der Waals surface area contributed by atoms with Crippen molar-refractivity contribution in [3.8, 4) is 0 Å². The van der Waals surface area contributed by atoms with E-state index in [1.54, 1.807) is 24.3 Å². The number of hydrogen-bond acceptors (Lipinski definition) is 6. The Kier molecular flexibility index (Phi) is 5.72. The lowest BCUT2D eigenvalue weighted by Crippen LogP contribution is -2.47. The number of piperazine rings is 1. The first-order valence-electron chi connectivity index (χ1n) is 12.7. The lowest BCUT2D eigenvalue weighted by molar-refractivity contribution is 0.0651. The Labute approximate surface area is 210 Å². The van der Waals surface area contributed by atoms with Crippen molar-refractivity contribution < 1.29 is 14.4 Å². The van der Waals surface area contributed by atoms with Gasteiger partial charge in [-0.2, -0.15) is 4.99 Å². The second kappa shape index (κ2) is 9.05. The minimum atomic E-state index is -0.435. The van der Waals surface area contributed by atoms with E-state index in [2.05, 4.69) is 27.6 Å². The molecule has 9 heteroatoms. The van der Waals surface area contributed by atoms with E-state index in [0.29, 0.717) is 41.8 Å². The van der Waals surface area contributed by atoms with Gasteiger partial charge in [-0.3, -0.25) is 19.3 Å². The molecule has 2 atom stereocenters. The van der Waals surface area contributed by atoms with Crippen molar-refractivity contribution in [3.05, 3.63) is 59.2 Å². The molecule has 0 unspecified atom stereocenters. The van der Waals surface area contributed by atoms with Gasteiger partial charge >= 0.3 is 0 Å². The fraction of sp³-hybridized carbons (Fsp3) is 0.407. The zero-order valence-corrected chi connectivity index (χ0v) is 20.4. The molecule has 0 saturated carbocycles. The molecule has 0 spiro atoms. The highest BCUT2D eigenvalue weighted by Crippen LogP contribution is 2.39. The minimum absolute atomic E-state index is 0.0386. The van der Waals surface area contributed by atoms with Crippen LogP contribution < -0.4 is 15.5 Å². The summed E-state index contributed by atoms with van der Waals surface area (Å²) < 4.78 is 0. The lowest BCUT2D eigenvalue weighted by atomic mass is 10.1. The van der Waals surface area contributed by atoms with E-state index >= 15 is 0 Å². The Morgan fingerprint density at radius 1 is 1.00 bits per heavy atom. The molecule has 2 saturated heterocycles. The number of aliphatic imine (C=N–C) groups is 1. The molecule has 0 radical (unpaired) electrons. The molecule has 9 nitrogen and oxygen atoms in total. The number of fused-ring (bicyclic) bond motifs is 7. The highest BCUT2D eigenvalue weighted by atomic mass is 16.2. The van der Waals surface area contributed by atoms with Gasteiger partial charge in [-0.15, -0.1) is 0 Å². The smallest absolute Gasteiger partial charge is 0.280 e. The summed E-state index contributed by atoms with van der Waals surface area (Å²) in [4.78, 5) is 50.1. The summed E-state index contributed by atoms with van der Waals surface area (Å²) in [6, 6.07) is 13.0. The summed E-state index contributed by atoms with van der Waals surface area (Å²) in [5.74, 6) is -0.163. The normalized spacial score (nSPS) is 25.4. The molecule has 4 aliphatic rings. The van der Waals surface area contributed by atoms with Gasteiger partial charge in [0.25, 0.3) is 17.7 Å². The fourth-order valence-corrected chi connectivity index (χ4v) is 5.81. The van der Waals surface area contributed by atoms with Crippen LogP contribution in [0, 0.1) is 0 Å². The summed E-state index contributed by atoms with van der Waals surface area (Å²) in [7, 11) is 2.12. The van der Waals surface area contributed by atoms with Gasteiger partial charge < -0.3 is 20.4 Å². The highest BCUT2D eigenvalue weighted by Gasteiger charge is 2.45. The van der Waals surface area contributed by atoms with Crippen LogP contribution in [0.2, 0.25) is 0 Å². The molecule has 0 aromatic heterocycles. The molecule has 2 N–H and O–H groups in total. The van der Waals surface area contributed by atoms with Crippen LogP contribution >= 0.6 is 0 Å². The van der Waals surface area contributed by atoms with E-state index in [0.717, 1.165) is 50.1 Å². The van der Waals surface area contributed by atoms with Crippen LogP contribution in [0.5, 0.6) is 0 Å². The highest BCUT2D eigenvalue weighted by molar-refractivity contribution is 6.22. The summed E-state index contributed by atoms with van der Waals surface area (Å²) in [5.41, 5.74) is 3.00. The van der Waals surface area contributed by atoms with E-state index in [1.807, 2.05) is 28.0 Å². The number of anilines is 2. The maximum atomic E-state index is 13.8. The zero-order chi connectivity index (χ0) is 24.8. The van der Waals surface area contributed by atoms with Crippen molar-refractivity contribution in [2.24, 2.45) is 4.99 Å². The predicted molar refractivity (Wildman–Crippen MR) is 138 cm³/mol. The Balaban J connectivity index is 1.35. The molecule has 4 aliphatic heterocycles. The average molecular weight is 487 g/mol. The molecule has 2 aromatic carbocycles. The summed E-state index contributed by atoms with van der Waals surface area (Å²) in [5, 5.41) is 6.22. The van der Waals surface area contributed by atoms with Crippen molar-refractivity contribution >= 4 is 35.1 Å². The first kappa shape index (κ1) is 22.7. The maximum Gasteiger partial charge on any atom is 0.280 e. The second-order valence-corrected chi connectivity index (χ2v) is 10.1. The van der Waals surface area contributed by atoms with Gasteiger partial charge in [0.1, 0.15) is 0 Å². The molecule has 36 heavy (non-hydrogen) atoms. The number of likely N-dealkylation sites (tertiary alicyclic amines) is 2. The first-order chi connectivity index (χ1) is 17.5. The number of carbonyl (C=O) groups excluding carboxylic acids is 3. The van der Waals surface area contributed by atoms with Crippen LogP contribution in [0.15, 0.2) is 47.5 Å². The van der Waals surface area contributed by atoms with Crippen molar-refractivity contribution in [1.29, 1.82) is 0 Å². The van der Waals surface area contributed by atoms with Crippen molar-refractivity contribution in [1.82, 2.24) is 15.1 Å². The van der Waals surface area contributed by atoms with E-state index in [1.165, 1.54) is 0 Å². The number of nitrogens with zero attached hydrogens (tertiary/aromatic N) is 4. The molecule has 186 valence electrons. The summed E-state index contributed by atoms with van der Waals surface area (Å²) in [6.07, 6.45) is 3.59. The monoisotopic (exact) mass is 486 g/mol. The molecule has 3 amide bonds. The van der Waals surface area contributed by atoms with E-state index < -0.39 is 5.91 Å². The lowest BCUT2D eigenvalue weighted by Gasteiger charge is -2.32. The number of benzene rings is 2. The topological polar surface area (TPSA) is 97.4 Å². The molecule has 4 heterocycles. The van der Waals surface area contributed by atoms with Gasteiger partial charge in [-0.1, -0.05) is 12.1 Å². The number of guanidine groups is 1. The molecule has 0 aliphatic carbocycles. The van der Waals surface area contributed by atoms with Crippen molar-refractivity contribution in [3.63, 3.8) is 0 Å². The predicted octanol–water partition coefficient (Wildman–Crippen LogP) is 2.56. The van der Waals surface area contributed by atoms with Crippen LogP contribution in [-0.2, 0) is 0 Å². The fourth-order valence-electron chi connectivity index (χ4n) is 5.81. The van der Waals surface area contributed by atoms with Gasteiger partial charge in [0.2, 0.25) is 5.96 Å². The molecule has 6 rings (SSSR count). The zero-order valence-electron chi connectivity index (χ0n) is 20.4. The van der Waals surface area contributed by atoms with Crippen LogP contribution in [0.3, 0.4) is 0 Å². The Morgan fingerprint density at radius 3 is 2.64 bits per heavy atom. The number of likely N-dealkylation sites (N-methyl/N-ethyl adjacent to an activating group) is 1. The minimum Gasteiger partial charge on any atom is -0.352 e. The van der Waals surface area contributed by atoms with E-state index in [4.69, 9.17) is 0 Å². The number of para-hydroxylation sites is 1. The quantitative estimate of drug-likeness (QED) is 0.643. The molecule has 2 fully saturated rings. The Bertz CT molecular complexity index is 1270. The molecular weight excluding hydrogens is 456 g/mol. The summed E-state index contributed by atoms with van der Waals surface area (Å²) >= 11 is 0. The maximum absolute atomic E-state index is 13.8. The van der Waals surface area contributed by atoms with Crippen molar-refractivity contribution in [2.75, 3.05) is 43.4 Å². The Hall–Kier alpha value is -3.72. The van der Waals surface area contributed by atoms with Crippen LogP contribution in [-0.4, -0.2) is 78.8 Å². The largest absolute Gasteiger partial charge is 0.352 e. The standard InChI is InChI=1S/C27H30N6O3/c1-31-15-20-14-19(31)16-33(20)26(36)21-9-6-10-22-23(21)32-12-4-2-3-11-28-24(34)17-7-5-8-18(13-17)25(35)30-27(32)29-22/h5-10,13,19-20H,2-4,11-12,14-16H2,1H3,(H,28,34)(H,29,30,35)/t19-,20-/m0/s1. The number of hydrogen-bond donors (Lipinski definition) is 2. The third-order valence-electron chi connectivity index (χ3n) is 7.74. The first-order valence-corrected chi connectivity index (χ1v) is 12.7. The van der Waals surface area contributed by atoms with Crippen LogP contribution in [0.1, 0.15) is 56.8 Å². The van der Waals surface area contributed by atoms with Gasteiger partial charge in [-0.05, 0) is 63.1 Å².